The maximum absolute atomic E-state index is 13.5. The molecule has 0 radical (unpaired) electrons. The fourth-order valence-corrected chi connectivity index (χ4v) is 5.16. The minimum absolute atomic E-state index is 0.000162. The van der Waals surface area contributed by atoms with Gasteiger partial charge < -0.3 is 14.5 Å². The molecule has 0 atom stereocenters. The zero-order valence-electron chi connectivity index (χ0n) is 17.0. The molecule has 1 aromatic heterocycles. The van der Waals surface area contributed by atoms with Crippen molar-refractivity contribution in [3.63, 3.8) is 0 Å². The van der Waals surface area contributed by atoms with Gasteiger partial charge in [0.15, 0.2) is 5.78 Å². The van der Waals surface area contributed by atoms with Crippen molar-refractivity contribution in [2.45, 2.75) is 31.2 Å². The van der Waals surface area contributed by atoms with Crippen LogP contribution in [-0.2, 0) is 4.79 Å². The van der Waals surface area contributed by atoms with Crippen LogP contribution < -0.4 is 15.7 Å². The summed E-state index contributed by atoms with van der Waals surface area (Å²) in [6.45, 7) is -0.130. The van der Waals surface area contributed by atoms with E-state index in [1.54, 1.807) is 24.3 Å². The normalized spacial score (nSPS) is 23.2. The topological polar surface area (TPSA) is 85.6 Å². The number of rotatable bonds is 7. The molecule has 0 spiro atoms. The Morgan fingerprint density at radius 3 is 2.62 bits per heavy atom. The standard InChI is InChI=1S/C24H19ClFNO5/c25-18-4-3-17(8-19(18)26)31-10-16(28)9-23-11-24(12-23,13-23)27-22(30)15-1-5-20-14(7-15)2-6-21(29)32-20/h1-8H,9-13H2,(H,27,30). The Bertz CT molecular complexity index is 1300. The van der Waals surface area contributed by atoms with Gasteiger partial charge in [-0.1, -0.05) is 11.6 Å². The summed E-state index contributed by atoms with van der Waals surface area (Å²) < 4.78 is 23.9. The molecule has 1 heterocycles. The van der Waals surface area contributed by atoms with Gasteiger partial charge in [-0.15, -0.1) is 0 Å². The molecule has 32 heavy (non-hydrogen) atoms. The van der Waals surface area contributed by atoms with E-state index in [9.17, 15) is 18.8 Å². The first-order chi connectivity index (χ1) is 15.2. The van der Waals surface area contributed by atoms with E-state index in [1.807, 2.05) is 0 Å². The predicted octanol–water partition coefficient (Wildman–Crippen LogP) is 4.28. The quantitative estimate of drug-likeness (QED) is 0.537. The van der Waals surface area contributed by atoms with Crippen molar-refractivity contribution in [3.8, 4) is 5.75 Å². The van der Waals surface area contributed by atoms with E-state index in [1.165, 1.54) is 18.2 Å². The van der Waals surface area contributed by atoms with E-state index < -0.39 is 11.4 Å². The predicted molar refractivity (Wildman–Crippen MR) is 115 cm³/mol. The summed E-state index contributed by atoms with van der Waals surface area (Å²) in [4.78, 5) is 36.3. The maximum Gasteiger partial charge on any atom is 0.336 e. The summed E-state index contributed by atoms with van der Waals surface area (Å²) in [6, 6.07) is 11.9. The van der Waals surface area contributed by atoms with Crippen molar-refractivity contribution in [1.29, 1.82) is 0 Å². The third-order valence-corrected chi connectivity index (χ3v) is 6.57. The highest BCUT2D eigenvalue weighted by Gasteiger charge is 2.68. The van der Waals surface area contributed by atoms with Crippen LogP contribution >= 0.6 is 11.6 Å². The average molecular weight is 456 g/mol. The van der Waals surface area contributed by atoms with Crippen molar-refractivity contribution in [2.24, 2.45) is 5.41 Å². The number of carbonyl (C=O) groups excluding carboxylic acids is 2. The van der Waals surface area contributed by atoms with Crippen molar-refractivity contribution >= 4 is 34.3 Å². The van der Waals surface area contributed by atoms with Crippen molar-refractivity contribution in [3.05, 3.63) is 75.4 Å². The lowest BCUT2D eigenvalue weighted by Gasteiger charge is -2.70. The van der Waals surface area contributed by atoms with Crippen molar-refractivity contribution in [1.82, 2.24) is 5.32 Å². The second-order valence-corrected chi connectivity index (χ2v) is 9.26. The number of fused-ring (bicyclic) bond motifs is 1. The van der Waals surface area contributed by atoms with Crippen LogP contribution in [0.2, 0.25) is 5.02 Å². The SMILES string of the molecule is O=C(COc1ccc(Cl)c(F)c1)CC12CC(NC(=O)c3ccc4oc(=O)ccc4c3)(C1)C2. The maximum atomic E-state index is 13.5. The Morgan fingerprint density at radius 2 is 1.88 bits per heavy atom. The Morgan fingerprint density at radius 1 is 1.09 bits per heavy atom. The molecule has 8 heteroatoms. The summed E-state index contributed by atoms with van der Waals surface area (Å²) in [5.41, 5.74) is 0.126. The highest BCUT2D eigenvalue weighted by Crippen LogP contribution is 2.69. The van der Waals surface area contributed by atoms with Crippen LogP contribution in [0.3, 0.4) is 0 Å². The molecular formula is C24H19ClFNO5. The minimum atomic E-state index is -0.593. The van der Waals surface area contributed by atoms with Crippen LogP contribution in [0.4, 0.5) is 4.39 Å². The molecule has 0 aliphatic heterocycles. The van der Waals surface area contributed by atoms with Crippen LogP contribution in [0.5, 0.6) is 5.75 Å². The van der Waals surface area contributed by atoms with E-state index in [2.05, 4.69) is 5.32 Å². The highest BCUT2D eigenvalue weighted by atomic mass is 35.5. The average Bonchev–Trinajstić information content (AvgIpc) is 2.71. The van der Waals surface area contributed by atoms with Crippen molar-refractivity contribution < 1.29 is 23.1 Å². The van der Waals surface area contributed by atoms with Gasteiger partial charge in [-0.25, -0.2) is 9.18 Å². The first-order valence-electron chi connectivity index (χ1n) is 10.2. The number of carbonyl (C=O) groups is 2. The van der Waals surface area contributed by atoms with Crippen LogP contribution in [0.15, 0.2) is 57.7 Å². The number of hydrogen-bond donors (Lipinski definition) is 1. The summed E-state index contributed by atoms with van der Waals surface area (Å²) in [6.07, 6.45) is 2.61. The molecule has 3 aromatic rings. The molecule has 1 amide bonds. The monoisotopic (exact) mass is 455 g/mol. The van der Waals surface area contributed by atoms with Crippen LogP contribution in [0.1, 0.15) is 36.0 Å². The molecule has 3 saturated carbocycles. The van der Waals surface area contributed by atoms with E-state index in [-0.39, 0.29) is 40.0 Å². The van der Waals surface area contributed by atoms with Crippen molar-refractivity contribution in [2.75, 3.05) is 6.61 Å². The van der Waals surface area contributed by atoms with E-state index in [0.29, 0.717) is 23.0 Å². The fraction of sp³-hybridized carbons (Fsp3) is 0.292. The molecule has 0 unspecified atom stereocenters. The van der Waals surface area contributed by atoms with Gasteiger partial charge in [0.2, 0.25) is 0 Å². The number of amides is 1. The number of hydrogen-bond acceptors (Lipinski definition) is 5. The molecule has 6 rings (SSSR count). The Hall–Kier alpha value is -3.19. The van der Waals surface area contributed by atoms with Gasteiger partial charge in [0.1, 0.15) is 23.8 Å². The van der Waals surface area contributed by atoms with Crippen LogP contribution in [-0.4, -0.2) is 23.8 Å². The lowest BCUT2D eigenvalue weighted by Crippen LogP contribution is -2.75. The molecule has 3 aliphatic carbocycles. The number of benzene rings is 2. The molecular weight excluding hydrogens is 437 g/mol. The fourth-order valence-electron chi connectivity index (χ4n) is 5.04. The Balaban J connectivity index is 1.13. The number of nitrogens with one attached hydrogen (secondary N) is 1. The van der Waals surface area contributed by atoms with Gasteiger partial charge in [-0.05, 0) is 61.1 Å². The Kier molecular flexibility index (Phi) is 4.82. The zero-order valence-corrected chi connectivity index (χ0v) is 17.7. The third-order valence-electron chi connectivity index (χ3n) is 6.26. The summed E-state index contributed by atoms with van der Waals surface area (Å²) >= 11 is 5.64. The number of ether oxygens (including phenoxy) is 1. The summed E-state index contributed by atoms with van der Waals surface area (Å²) in [7, 11) is 0. The summed E-state index contributed by atoms with van der Waals surface area (Å²) in [5, 5.41) is 3.77. The zero-order chi connectivity index (χ0) is 22.5. The van der Waals surface area contributed by atoms with Gasteiger partial charge >= 0.3 is 5.63 Å². The van der Waals surface area contributed by atoms with Crippen LogP contribution in [0, 0.1) is 11.2 Å². The smallest absolute Gasteiger partial charge is 0.336 e. The van der Waals surface area contributed by atoms with E-state index >= 15 is 0 Å². The molecule has 1 N–H and O–H groups in total. The van der Waals surface area contributed by atoms with E-state index in [4.69, 9.17) is 20.8 Å². The molecule has 3 aliphatic rings. The highest BCUT2D eigenvalue weighted by molar-refractivity contribution is 6.30. The molecule has 6 nitrogen and oxygen atoms in total. The van der Waals surface area contributed by atoms with Gasteiger partial charge in [-0.2, -0.15) is 0 Å². The van der Waals surface area contributed by atoms with Gasteiger partial charge in [0.25, 0.3) is 5.91 Å². The summed E-state index contributed by atoms with van der Waals surface area (Å²) in [5.74, 6) is -0.581. The third kappa shape index (κ3) is 3.77. The second-order valence-electron chi connectivity index (χ2n) is 8.85. The van der Waals surface area contributed by atoms with Gasteiger partial charge in [0.05, 0.1) is 5.02 Å². The number of halogens is 2. The second kappa shape index (κ2) is 7.45. The minimum Gasteiger partial charge on any atom is -0.486 e. The van der Waals surface area contributed by atoms with Gasteiger partial charge in [0, 0.05) is 35.0 Å². The molecule has 2 bridgehead atoms. The molecule has 164 valence electrons. The molecule has 3 fully saturated rings. The molecule has 0 saturated heterocycles. The van der Waals surface area contributed by atoms with E-state index in [0.717, 1.165) is 25.3 Å². The first kappa shape index (κ1) is 20.7. The number of ketones is 1. The number of Topliss-reactive ketones (excluding diaryl/α,β-unsaturated/α-hetero) is 1. The molecule has 2 aromatic carbocycles. The largest absolute Gasteiger partial charge is 0.486 e. The lowest BCUT2D eigenvalue weighted by atomic mass is 9.38. The van der Waals surface area contributed by atoms with Crippen LogP contribution in [0.25, 0.3) is 11.0 Å². The Labute approximate surface area is 187 Å². The first-order valence-corrected chi connectivity index (χ1v) is 10.6. The van der Waals surface area contributed by atoms with Gasteiger partial charge in [-0.3, -0.25) is 9.59 Å². The lowest BCUT2D eigenvalue weighted by molar-refractivity contribution is -0.162.